The smallest absolute Gasteiger partial charge is 0.230 e. The van der Waals surface area contributed by atoms with E-state index < -0.39 is 0 Å². The molecule has 1 aliphatic heterocycles. The number of hydrogen-bond donors (Lipinski definition) is 1. The van der Waals surface area contributed by atoms with Crippen LogP contribution in [0.2, 0.25) is 0 Å². The third-order valence-corrected chi connectivity index (χ3v) is 3.11. The van der Waals surface area contributed by atoms with E-state index in [1.54, 1.807) is 0 Å². The molecule has 1 fully saturated rings. The summed E-state index contributed by atoms with van der Waals surface area (Å²) in [5, 5.41) is 3.26. The number of amides is 1. The summed E-state index contributed by atoms with van der Waals surface area (Å²) in [5.41, 5.74) is 0.986. The zero-order chi connectivity index (χ0) is 12.8. The Balaban J connectivity index is 1.82. The van der Waals surface area contributed by atoms with Gasteiger partial charge in [-0.2, -0.15) is 0 Å². The number of benzene rings is 1. The Morgan fingerprint density at radius 3 is 2.61 bits per heavy atom. The molecule has 0 atom stereocenters. The molecule has 1 amide bonds. The SMILES string of the molecule is O=C(Cc1ccccc1)NC(=S)N1CCOCC1. The van der Waals surface area contributed by atoms with E-state index in [1.165, 1.54) is 0 Å². The molecular weight excluding hydrogens is 248 g/mol. The van der Waals surface area contributed by atoms with Crippen molar-refractivity contribution in [2.45, 2.75) is 6.42 Å². The zero-order valence-corrected chi connectivity index (χ0v) is 10.9. The Morgan fingerprint density at radius 1 is 1.28 bits per heavy atom. The average molecular weight is 264 g/mol. The normalized spacial score (nSPS) is 15.2. The molecule has 0 aliphatic carbocycles. The molecule has 0 radical (unpaired) electrons. The van der Waals surface area contributed by atoms with Crippen LogP contribution in [0.4, 0.5) is 0 Å². The van der Waals surface area contributed by atoms with E-state index in [0.29, 0.717) is 24.7 Å². The molecule has 18 heavy (non-hydrogen) atoms. The van der Waals surface area contributed by atoms with Crippen LogP contribution in [0, 0.1) is 0 Å². The fourth-order valence-electron chi connectivity index (χ4n) is 1.79. The third kappa shape index (κ3) is 3.78. The molecule has 5 heteroatoms. The molecule has 1 saturated heterocycles. The number of thiocarbonyl (C=S) groups is 1. The van der Waals surface area contributed by atoms with E-state index in [1.807, 2.05) is 35.2 Å². The predicted molar refractivity (Wildman–Crippen MR) is 73.3 cm³/mol. The third-order valence-electron chi connectivity index (χ3n) is 2.75. The molecule has 0 saturated carbocycles. The standard InChI is InChI=1S/C13H16N2O2S/c16-12(10-11-4-2-1-3-5-11)14-13(18)15-6-8-17-9-7-15/h1-5H,6-10H2,(H,14,16,18). The Bertz CT molecular complexity index is 416. The van der Waals surface area contributed by atoms with Gasteiger partial charge in [0.1, 0.15) is 0 Å². The number of morpholine rings is 1. The topological polar surface area (TPSA) is 41.6 Å². The summed E-state index contributed by atoms with van der Waals surface area (Å²) in [6.07, 6.45) is 0.352. The Kier molecular flexibility index (Phi) is 4.66. The van der Waals surface area contributed by atoms with Crippen LogP contribution in [0.5, 0.6) is 0 Å². The largest absolute Gasteiger partial charge is 0.378 e. The first-order chi connectivity index (χ1) is 8.75. The van der Waals surface area contributed by atoms with Crippen molar-refractivity contribution in [3.8, 4) is 0 Å². The average Bonchev–Trinajstić information content (AvgIpc) is 2.40. The van der Waals surface area contributed by atoms with Crippen molar-refractivity contribution in [1.29, 1.82) is 0 Å². The molecule has 4 nitrogen and oxygen atoms in total. The number of nitrogens with zero attached hydrogens (tertiary/aromatic N) is 1. The summed E-state index contributed by atoms with van der Waals surface area (Å²) in [4.78, 5) is 13.8. The van der Waals surface area contributed by atoms with Gasteiger partial charge in [0.25, 0.3) is 0 Å². The van der Waals surface area contributed by atoms with Crippen molar-refractivity contribution >= 4 is 23.2 Å². The van der Waals surface area contributed by atoms with E-state index in [4.69, 9.17) is 17.0 Å². The van der Waals surface area contributed by atoms with Crippen molar-refractivity contribution in [2.75, 3.05) is 26.3 Å². The van der Waals surface area contributed by atoms with Crippen molar-refractivity contribution in [3.63, 3.8) is 0 Å². The van der Waals surface area contributed by atoms with Crippen LogP contribution in [0.25, 0.3) is 0 Å². The van der Waals surface area contributed by atoms with Gasteiger partial charge in [0.15, 0.2) is 5.11 Å². The molecule has 0 aromatic heterocycles. The van der Waals surface area contributed by atoms with E-state index in [0.717, 1.165) is 18.7 Å². The van der Waals surface area contributed by atoms with Gasteiger partial charge < -0.3 is 15.0 Å². The fraction of sp³-hybridized carbons (Fsp3) is 0.385. The van der Waals surface area contributed by atoms with Gasteiger partial charge in [-0.3, -0.25) is 4.79 Å². The summed E-state index contributed by atoms with van der Waals surface area (Å²) >= 11 is 5.20. The molecule has 96 valence electrons. The van der Waals surface area contributed by atoms with E-state index in [2.05, 4.69) is 5.32 Å². The molecule has 0 bridgehead atoms. The van der Waals surface area contributed by atoms with Crippen molar-refractivity contribution < 1.29 is 9.53 Å². The van der Waals surface area contributed by atoms with Gasteiger partial charge >= 0.3 is 0 Å². The molecule has 1 aromatic rings. The minimum absolute atomic E-state index is 0.0716. The minimum atomic E-state index is -0.0716. The lowest BCUT2D eigenvalue weighted by atomic mass is 10.1. The van der Waals surface area contributed by atoms with Gasteiger partial charge in [0.05, 0.1) is 19.6 Å². The predicted octanol–water partition coefficient (Wildman–Crippen LogP) is 0.962. The van der Waals surface area contributed by atoms with E-state index in [9.17, 15) is 4.79 Å². The summed E-state index contributed by atoms with van der Waals surface area (Å²) in [6, 6.07) is 9.63. The summed E-state index contributed by atoms with van der Waals surface area (Å²) in [7, 11) is 0. The Morgan fingerprint density at radius 2 is 1.94 bits per heavy atom. The maximum absolute atomic E-state index is 11.8. The first-order valence-electron chi connectivity index (χ1n) is 5.96. The number of hydrogen-bond acceptors (Lipinski definition) is 3. The Hall–Kier alpha value is -1.46. The van der Waals surface area contributed by atoms with Gasteiger partial charge in [-0.05, 0) is 17.8 Å². The van der Waals surface area contributed by atoms with Crippen molar-refractivity contribution in [3.05, 3.63) is 35.9 Å². The second-order valence-corrected chi connectivity index (χ2v) is 4.50. The quantitative estimate of drug-likeness (QED) is 0.808. The molecule has 0 unspecified atom stereocenters. The van der Waals surface area contributed by atoms with Crippen molar-refractivity contribution in [2.24, 2.45) is 0 Å². The Labute approximate surface area is 112 Å². The maximum Gasteiger partial charge on any atom is 0.230 e. The second kappa shape index (κ2) is 6.47. The lowest BCUT2D eigenvalue weighted by Crippen LogP contribution is -2.48. The number of nitrogens with one attached hydrogen (secondary N) is 1. The first-order valence-corrected chi connectivity index (χ1v) is 6.37. The minimum Gasteiger partial charge on any atom is -0.378 e. The highest BCUT2D eigenvalue weighted by Gasteiger charge is 2.15. The molecule has 2 rings (SSSR count). The number of carbonyl (C=O) groups excluding carboxylic acids is 1. The zero-order valence-electron chi connectivity index (χ0n) is 10.1. The monoisotopic (exact) mass is 264 g/mol. The lowest BCUT2D eigenvalue weighted by molar-refractivity contribution is -0.119. The van der Waals surface area contributed by atoms with Crippen LogP contribution in [0.3, 0.4) is 0 Å². The summed E-state index contributed by atoms with van der Waals surface area (Å²) in [6.45, 7) is 2.80. The lowest BCUT2D eigenvalue weighted by Gasteiger charge is -2.28. The van der Waals surface area contributed by atoms with Crippen LogP contribution in [0.15, 0.2) is 30.3 Å². The molecule has 1 N–H and O–H groups in total. The van der Waals surface area contributed by atoms with Crippen molar-refractivity contribution in [1.82, 2.24) is 10.2 Å². The first kappa shape index (κ1) is 13.0. The molecular formula is C13H16N2O2S. The number of ether oxygens (including phenoxy) is 1. The van der Waals surface area contributed by atoms with Gasteiger partial charge in [-0.15, -0.1) is 0 Å². The fourth-order valence-corrected chi connectivity index (χ4v) is 2.09. The van der Waals surface area contributed by atoms with Crippen LogP contribution in [-0.4, -0.2) is 42.2 Å². The molecule has 1 aromatic carbocycles. The molecule has 1 aliphatic rings. The van der Waals surface area contributed by atoms with Crippen LogP contribution in [0.1, 0.15) is 5.56 Å². The van der Waals surface area contributed by atoms with E-state index in [-0.39, 0.29) is 5.91 Å². The van der Waals surface area contributed by atoms with Crippen LogP contribution >= 0.6 is 12.2 Å². The van der Waals surface area contributed by atoms with E-state index >= 15 is 0 Å². The van der Waals surface area contributed by atoms with Gasteiger partial charge in [0.2, 0.25) is 5.91 Å². The maximum atomic E-state index is 11.8. The van der Waals surface area contributed by atoms with Gasteiger partial charge in [-0.1, -0.05) is 30.3 Å². The van der Waals surface area contributed by atoms with Gasteiger partial charge in [0, 0.05) is 13.1 Å². The second-order valence-electron chi connectivity index (χ2n) is 4.12. The van der Waals surface area contributed by atoms with Crippen LogP contribution in [-0.2, 0) is 16.0 Å². The molecule has 0 spiro atoms. The molecule has 1 heterocycles. The highest BCUT2D eigenvalue weighted by Crippen LogP contribution is 2.01. The summed E-state index contributed by atoms with van der Waals surface area (Å²) < 4.78 is 5.24. The number of carbonyl (C=O) groups is 1. The van der Waals surface area contributed by atoms with Gasteiger partial charge in [-0.25, -0.2) is 0 Å². The number of rotatable bonds is 2. The highest BCUT2D eigenvalue weighted by molar-refractivity contribution is 7.80. The van der Waals surface area contributed by atoms with Crippen LogP contribution < -0.4 is 5.32 Å². The summed E-state index contributed by atoms with van der Waals surface area (Å²) in [5.74, 6) is -0.0716. The highest BCUT2D eigenvalue weighted by atomic mass is 32.1.